The van der Waals surface area contributed by atoms with Crippen LogP contribution in [-0.2, 0) is 6.54 Å². The summed E-state index contributed by atoms with van der Waals surface area (Å²) >= 11 is 0. The summed E-state index contributed by atoms with van der Waals surface area (Å²) in [5.74, 6) is 0. The first kappa shape index (κ1) is 9.09. The molecule has 0 atom stereocenters. The van der Waals surface area contributed by atoms with Gasteiger partial charge in [-0.3, -0.25) is 4.79 Å². The van der Waals surface area contributed by atoms with Crippen molar-refractivity contribution in [1.82, 2.24) is 5.32 Å². The van der Waals surface area contributed by atoms with Crippen molar-refractivity contribution in [3.05, 3.63) is 46.3 Å². The lowest BCUT2D eigenvalue weighted by Crippen LogP contribution is -2.18. The number of urea groups is 1. The molecule has 2 amide bonds. The van der Waals surface area contributed by atoms with Crippen LogP contribution in [0.15, 0.2) is 35.4 Å². The molecule has 1 aromatic rings. The number of azide groups is 1. The second kappa shape index (κ2) is 4.79. The van der Waals surface area contributed by atoms with Crippen molar-refractivity contribution in [2.45, 2.75) is 6.54 Å². The Morgan fingerprint density at radius 2 is 2.15 bits per heavy atom. The molecule has 0 aromatic heterocycles. The molecule has 5 nitrogen and oxygen atoms in total. The molecule has 5 heteroatoms. The summed E-state index contributed by atoms with van der Waals surface area (Å²) in [7, 11) is 0. The molecule has 13 heavy (non-hydrogen) atoms. The highest BCUT2D eigenvalue weighted by molar-refractivity contribution is 5.74. The fourth-order valence-electron chi connectivity index (χ4n) is 0.850. The van der Waals surface area contributed by atoms with Gasteiger partial charge < -0.3 is 5.32 Å². The highest BCUT2D eigenvalue weighted by Crippen LogP contribution is 1.96. The first-order chi connectivity index (χ1) is 6.33. The molecule has 0 fully saturated rings. The van der Waals surface area contributed by atoms with E-state index in [-0.39, 0.29) is 0 Å². The van der Waals surface area contributed by atoms with E-state index in [1.165, 1.54) is 0 Å². The molecule has 0 spiro atoms. The van der Waals surface area contributed by atoms with E-state index in [9.17, 15) is 4.79 Å². The molecule has 0 bridgehead atoms. The average Bonchev–Trinajstić information content (AvgIpc) is 2.17. The highest BCUT2D eigenvalue weighted by atomic mass is 16.2. The van der Waals surface area contributed by atoms with Crippen LogP contribution in [0.25, 0.3) is 10.4 Å². The lowest BCUT2D eigenvalue weighted by atomic mass is 10.2. The minimum absolute atomic E-state index is 0.374. The number of hydrogen-bond donors (Lipinski definition) is 1. The maximum atomic E-state index is 10.7. The van der Waals surface area contributed by atoms with Gasteiger partial charge in [0, 0.05) is 16.6 Å². The summed E-state index contributed by atoms with van der Waals surface area (Å²) in [5.41, 5.74) is 8.89. The van der Waals surface area contributed by atoms with Crippen LogP contribution in [0.2, 0.25) is 0 Å². The molecular weight excluding hydrogens is 168 g/mol. The Hall–Kier alpha value is -2.00. The molecule has 0 aliphatic rings. The molecule has 0 radical (unpaired) electrons. The van der Waals surface area contributed by atoms with Gasteiger partial charge in [0.15, 0.2) is 0 Å². The third-order valence-corrected chi connectivity index (χ3v) is 1.42. The third kappa shape index (κ3) is 3.27. The molecule has 0 saturated heterocycles. The highest BCUT2D eigenvalue weighted by Gasteiger charge is 1.95. The van der Waals surface area contributed by atoms with Crippen LogP contribution >= 0.6 is 0 Å². The number of amides is 2. The minimum Gasteiger partial charge on any atom is -0.346 e. The zero-order valence-electron chi connectivity index (χ0n) is 6.84. The maximum Gasteiger partial charge on any atom is 0.308 e. The molecule has 1 aromatic carbocycles. The standard InChI is InChI=1S/C8H8N4O/c9-12-11-8(13)10-6-7-4-2-1-3-5-7/h1-5H,6H2,(H,10,13). The van der Waals surface area contributed by atoms with E-state index in [4.69, 9.17) is 5.53 Å². The predicted molar refractivity (Wildman–Crippen MR) is 47.8 cm³/mol. The zero-order valence-corrected chi connectivity index (χ0v) is 6.84. The fraction of sp³-hybridized carbons (Fsp3) is 0.125. The quantitative estimate of drug-likeness (QED) is 0.418. The number of hydrogen-bond acceptors (Lipinski definition) is 1. The van der Waals surface area contributed by atoms with Crippen molar-refractivity contribution in [2.75, 3.05) is 0 Å². The summed E-state index contributed by atoms with van der Waals surface area (Å²) in [4.78, 5) is 13.0. The van der Waals surface area contributed by atoms with E-state index < -0.39 is 6.03 Å². The molecule has 0 unspecified atom stereocenters. The third-order valence-electron chi connectivity index (χ3n) is 1.42. The van der Waals surface area contributed by atoms with E-state index in [0.717, 1.165) is 5.56 Å². The van der Waals surface area contributed by atoms with Crippen LogP contribution in [0.5, 0.6) is 0 Å². The van der Waals surface area contributed by atoms with Gasteiger partial charge in [0.25, 0.3) is 0 Å². The monoisotopic (exact) mass is 176 g/mol. The second-order valence-corrected chi connectivity index (χ2v) is 2.33. The summed E-state index contributed by atoms with van der Waals surface area (Å²) in [6.07, 6.45) is 0. The van der Waals surface area contributed by atoms with Gasteiger partial charge >= 0.3 is 6.03 Å². The van der Waals surface area contributed by atoms with Gasteiger partial charge in [0.05, 0.1) is 0 Å². The number of rotatable bonds is 2. The van der Waals surface area contributed by atoms with Crippen LogP contribution < -0.4 is 5.32 Å². The van der Waals surface area contributed by atoms with Gasteiger partial charge in [-0.15, -0.1) is 0 Å². The molecule has 0 heterocycles. The van der Waals surface area contributed by atoms with Crippen molar-refractivity contribution in [3.63, 3.8) is 0 Å². The summed E-state index contributed by atoms with van der Waals surface area (Å²) in [5, 5.41) is 5.31. The van der Waals surface area contributed by atoms with Gasteiger partial charge in [0.1, 0.15) is 0 Å². The van der Waals surface area contributed by atoms with Crippen molar-refractivity contribution < 1.29 is 4.79 Å². The van der Waals surface area contributed by atoms with Gasteiger partial charge in [-0.05, 0) is 11.1 Å². The fourth-order valence-corrected chi connectivity index (χ4v) is 0.850. The van der Waals surface area contributed by atoms with Crippen LogP contribution in [0.1, 0.15) is 5.56 Å². The number of nitrogens with zero attached hydrogens (tertiary/aromatic N) is 3. The molecular formula is C8H8N4O. The van der Waals surface area contributed by atoms with Crippen molar-refractivity contribution in [1.29, 1.82) is 0 Å². The van der Waals surface area contributed by atoms with Gasteiger partial charge in [0.2, 0.25) is 0 Å². The van der Waals surface area contributed by atoms with E-state index in [1.54, 1.807) is 0 Å². The Balaban J connectivity index is 2.44. The number of benzene rings is 1. The number of carbonyl (C=O) groups is 1. The SMILES string of the molecule is [N-]=[N+]=NC(=O)NCc1ccccc1. The van der Waals surface area contributed by atoms with Crippen LogP contribution in [0.3, 0.4) is 0 Å². The normalized spacial score (nSPS) is 8.62. The van der Waals surface area contributed by atoms with Gasteiger partial charge in [-0.25, -0.2) is 0 Å². The Morgan fingerprint density at radius 3 is 2.77 bits per heavy atom. The molecule has 0 aliphatic heterocycles. The number of carbonyl (C=O) groups excluding carboxylic acids is 1. The smallest absolute Gasteiger partial charge is 0.308 e. The first-order valence-corrected chi connectivity index (χ1v) is 3.70. The molecule has 0 saturated carbocycles. The maximum absolute atomic E-state index is 10.7. The Labute approximate surface area is 75.0 Å². The summed E-state index contributed by atoms with van der Waals surface area (Å²) in [6.45, 7) is 0.374. The lowest BCUT2D eigenvalue weighted by Gasteiger charge is -1.99. The van der Waals surface area contributed by atoms with E-state index in [2.05, 4.69) is 15.3 Å². The predicted octanol–water partition coefficient (Wildman–Crippen LogP) is 2.21. The van der Waals surface area contributed by atoms with Crippen LogP contribution in [0, 0.1) is 0 Å². The van der Waals surface area contributed by atoms with Gasteiger partial charge in [-0.2, -0.15) is 0 Å². The summed E-state index contributed by atoms with van der Waals surface area (Å²) in [6, 6.07) is 8.71. The minimum atomic E-state index is -0.661. The van der Waals surface area contributed by atoms with Crippen molar-refractivity contribution >= 4 is 6.03 Å². The topological polar surface area (TPSA) is 77.9 Å². The van der Waals surface area contributed by atoms with Crippen LogP contribution in [0.4, 0.5) is 4.79 Å². The van der Waals surface area contributed by atoms with E-state index in [1.807, 2.05) is 30.3 Å². The van der Waals surface area contributed by atoms with Crippen LogP contribution in [-0.4, -0.2) is 6.03 Å². The molecule has 1 rings (SSSR count). The average molecular weight is 176 g/mol. The Kier molecular flexibility index (Phi) is 3.35. The van der Waals surface area contributed by atoms with E-state index in [0.29, 0.717) is 6.54 Å². The van der Waals surface area contributed by atoms with Gasteiger partial charge in [-0.1, -0.05) is 30.3 Å². The molecule has 66 valence electrons. The van der Waals surface area contributed by atoms with Crippen molar-refractivity contribution in [3.8, 4) is 0 Å². The number of nitrogens with one attached hydrogen (secondary N) is 1. The summed E-state index contributed by atoms with van der Waals surface area (Å²) < 4.78 is 0. The zero-order chi connectivity index (χ0) is 9.52. The van der Waals surface area contributed by atoms with Crippen molar-refractivity contribution in [2.24, 2.45) is 5.11 Å². The Morgan fingerprint density at radius 1 is 1.46 bits per heavy atom. The molecule has 1 N–H and O–H groups in total. The van der Waals surface area contributed by atoms with E-state index >= 15 is 0 Å². The lowest BCUT2D eigenvalue weighted by molar-refractivity contribution is 0.248. The second-order valence-electron chi connectivity index (χ2n) is 2.33. The first-order valence-electron chi connectivity index (χ1n) is 3.70. The Bertz CT molecular complexity index is 329. The largest absolute Gasteiger partial charge is 0.346 e. The molecule has 0 aliphatic carbocycles.